The summed E-state index contributed by atoms with van der Waals surface area (Å²) >= 11 is 8.41. The second kappa shape index (κ2) is 9.13. The number of nitrogen functional groups attached to an aromatic ring is 1. The summed E-state index contributed by atoms with van der Waals surface area (Å²) < 4.78 is 15.6. The lowest BCUT2D eigenvalue weighted by molar-refractivity contribution is -0.0278. The van der Waals surface area contributed by atoms with E-state index < -0.39 is 6.29 Å². The first kappa shape index (κ1) is 21.3. The van der Waals surface area contributed by atoms with Crippen LogP contribution >= 0.6 is 43.6 Å². The fourth-order valence-electron chi connectivity index (χ4n) is 3.30. The van der Waals surface area contributed by atoms with Gasteiger partial charge in [-0.25, -0.2) is 15.0 Å². The number of anilines is 1. The second-order valence-corrected chi connectivity index (χ2v) is 9.67. The molecule has 1 unspecified atom stereocenters. The molecule has 0 spiro atoms. The zero-order valence-corrected chi connectivity index (χ0v) is 20.6. The van der Waals surface area contributed by atoms with Gasteiger partial charge in [-0.3, -0.25) is 0 Å². The largest absolute Gasteiger partial charge is 0.454 e. The Labute approximate surface area is 205 Å². The van der Waals surface area contributed by atoms with Crippen LogP contribution in [0.5, 0.6) is 0 Å². The van der Waals surface area contributed by atoms with Crippen LogP contribution in [-0.4, -0.2) is 19.5 Å². The molecule has 0 bridgehead atoms. The van der Waals surface area contributed by atoms with Crippen molar-refractivity contribution in [2.75, 3.05) is 5.73 Å². The summed E-state index contributed by atoms with van der Waals surface area (Å²) in [6.07, 6.45) is 3.59. The van der Waals surface area contributed by atoms with Crippen LogP contribution < -0.4 is 5.73 Å². The van der Waals surface area contributed by atoms with Crippen molar-refractivity contribution in [1.82, 2.24) is 19.5 Å². The van der Waals surface area contributed by atoms with Crippen molar-refractivity contribution in [1.29, 1.82) is 0 Å². The van der Waals surface area contributed by atoms with Gasteiger partial charge in [0.1, 0.15) is 6.26 Å². The predicted octanol–water partition coefficient (Wildman–Crippen LogP) is 5.76. The second-order valence-electron chi connectivity index (χ2n) is 6.99. The van der Waals surface area contributed by atoms with Gasteiger partial charge in [0.2, 0.25) is 5.09 Å². The SMILES string of the molecule is Nc1ncn(CCc2ccccc2Br)c2nc(SC3=COC(c4ccccc4Br)O3)nc1-2. The number of rotatable bonds is 6. The standard InChI is InChI=1S/C22H17Br2N5O2S/c23-15-7-3-1-5-13(15)9-10-29-12-26-19(25)18-20(29)28-22(27-18)32-17-11-30-21(31-17)14-6-2-4-8-16(14)24/h1-8,11-12,21H,9-10,25H2. The summed E-state index contributed by atoms with van der Waals surface area (Å²) in [5.74, 6) is 1.04. The molecule has 0 radical (unpaired) electrons. The molecule has 162 valence electrons. The average molecular weight is 575 g/mol. The highest BCUT2D eigenvalue weighted by molar-refractivity contribution is 9.10. The van der Waals surface area contributed by atoms with Gasteiger partial charge in [-0.15, -0.1) is 0 Å². The summed E-state index contributed by atoms with van der Waals surface area (Å²) in [5, 5.41) is 1.10. The minimum atomic E-state index is -0.515. The Morgan fingerprint density at radius 3 is 2.62 bits per heavy atom. The van der Waals surface area contributed by atoms with Crippen molar-refractivity contribution in [3.05, 3.63) is 86.3 Å². The van der Waals surface area contributed by atoms with E-state index >= 15 is 0 Å². The third kappa shape index (κ3) is 4.35. The summed E-state index contributed by atoms with van der Waals surface area (Å²) in [6, 6.07) is 15.9. The molecule has 2 aromatic rings. The molecule has 10 heteroatoms. The number of benzene rings is 2. The Kier molecular flexibility index (Phi) is 6.07. The molecule has 0 aliphatic carbocycles. The summed E-state index contributed by atoms with van der Waals surface area (Å²) in [4.78, 5) is 13.5. The molecule has 2 N–H and O–H groups in total. The van der Waals surface area contributed by atoms with E-state index in [1.807, 2.05) is 47.0 Å². The quantitative estimate of drug-likeness (QED) is 0.313. The number of nitrogens with zero attached hydrogens (tertiary/aromatic N) is 4. The lowest BCUT2D eigenvalue weighted by Crippen LogP contribution is -2.10. The number of fused-ring (bicyclic) bond motifs is 1. The van der Waals surface area contributed by atoms with Crippen molar-refractivity contribution < 1.29 is 9.47 Å². The number of imidazole rings is 1. The molecule has 7 nitrogen and oxygen atoms in total. The number of ether oxygens (including phenoxy) is 2. The maximum atomic E-state index is 6.07. The molecule has 3 heterocycles. The van der Waals surface area contributed by atoms with Gasteiger partial charge in [0, 0.05) is 21.1 Å². The van der Waals surface area contributed by atoms with Crippen molar-refractivity contribution >= 4 is 49.4 Å². The van der Waals surface area contributed by atoms with Gasteiger partial charge in [0.05, 0.1) is 6.33 Å². The molecule has 0 amide bonds. The average Bonchev–Trinajstić information content (AvgIpc) is 3.43. The monoisotopic (exact) mass is 573 g/mol. The van der Waals surface area contributed by atoms with Crippen LogP contribution in [0.25, 0.3) is 11.5 Å². The molecule has 0 saturated carbocycles. The van der Waals surface area contributed by atoms with Gasteiger partial charge in [-0.05, 0) is 35.9 Å². The van der Waals surface area contributed by atoms with Gasteiger partial charge < -0.3 is 19.8 Å². The van der Waals surface area contributed by atoms with E-state index in [0.29, 0.717) is 34.1 Å². The van der Waals surface area contributed by atoms with E-state index in [-0.39, 0.29) is 0 Å². The number of aryl methyl sites for hydroxylation is 2. The van der Waals surface area contributed by atoms with E-state index in [1.165, 1.54) is 17.3 Å². The number of aromatic nitrogens is 4. The Balaban J connectivity index is 1.33. The Bertz CT molecular complexity index is 1280. The van der Waals surface area contributed by atoms with Crippen LogP contribution in [0.4, 0.5) is 5.82 Å². The van der Waals surface area contributed by atoms with E-state index in [2.05, 4.69) is 52.9 Å². The molecule has 1 atom stereocenters. The predicted molar refractivity (Wildman–Crippen MR) is 130 cm³/mol. The van der Waals surface area contributed by atoms with Crippen LogP contribution in [0, 0.1) is 0 Å². The summed E-state index contributed by atoms with van der Waals surface area (Å²) in [5.41, 5.74) is 8.76. The van der Waals surface area contributed by atoms with Crippen molar-refractivity contribution in [3.8, 4) is 11.5 Å². The number of hydrogen-bond donors (Lipinski definition) is 1. The number of hydrogen-bond acceptors (Lipinski definition) is 7. The van der Waals surface area contributed by atoms with Gasteiger partial charge in [0.15, 0.2) is 22.5 Å². The minimum Gasteiger partial charge on any atom is -0.454 e. The van der Waals surface area contributed by atoms with E-state index in [0.717, 1.165) is 20.9 Å². The Hall–Kier alpha value is -2.56. The third-order valence-corrected chi connectivity index (χ3v) is 7.17. The number of halogens is 2. The fourth-order valence-corrected chi connectivity index (χ4v) is 4.95. The van der Waals surface area contributed by atoms with E-state index in [4.69, 9.17) is 15.2 Å². The van der Waals surface area contributed by atoms with Crippen molar-refractivity contribution in [2.45, 2.75) is 24.4 Å². The third-order valence-electron chi connectivity index (χ3n) is 4.91. The molecule has 0 aromatic heterocycles. The van der Waals surface area contributed by atoms with Gasteiger partial charge in [-0.2, -0.15) is 0 Å². The summed E-state index contributed by atoms with van der Waals surface area (Å²) in [6.45, 7) is 0.696. The fraction of sp³-hybridized carbons (Fsp3) is 0.136. The topological polar surface area (TPSA) is 88.1 Å². The number of nitrogens with two attached hydrogens (primary N) is 1. The van der Waals surface area contributed by atoms with Crippen LogP contribution in [0.1, 0.15) is 17.4 Å². The molecule has 0 saturated heterocycles. The zero-order chi connectivity index (χ0) is 22.1. The molecular formula is C22H17Br2N5O2S. The molecular weight excluding hydrogens is 558 g/mol. The molecule has 3 aliphatic rings. The first-order valence-electron chi connectivity index (χ1n) is 9.75. The summed E-state index contributed by atoms with van der Waals surface area (Å²) in [7, 11) is 0. The zero-order valence-electron chi connectivity index (χ0n) is 16.6. The van der Waals surface area contributed by atoms with Crippen LogP contribution in [0.2, 0.25) is 0 Å². The highest BCUT2D eigenvalue weighted by Crippen LogP contribution is 2.40. The molecule has 0 fully saturated rings. The highest BCUT2D eigenvalue weighted by Gasteiger charge is 2.26. The highest BCUT2D eigenvalue weighted by atomic mass is 79.9. The lowest BCUT2D eigenvalue weighted by atomic mass is 10.1. The maximum absolute atomic E-state index is 6.07. The normalized spacial score (nSPS) is 15.4. The molecule has 5 rings (SSSR count). The van der Waals surface area contributed by atoms with Crippen molar-refractivity contribution in [3.63, 3.8) is 0 Å². The Morgan fingerprint density at radius 1 is 1.03 bits per heavy atom. The van der Waals surface area contributed by atoms with Gasteiger partial charge in [-0.1, -0.05) is 68.3 Å². The molecule has 3 aliphatic heterocycles. The minimum absolute atomic E-state index is 0.347. The lowest BCUT2D eigenvalue weighted by Gasteiger charge is -2.12. The van der Waals surface area contributed by atoms with Crippen molar-refractivity contribution in [2.24, 2.45) is 0 Å². The van der Waals surface area contributed by atoms with E-state index in [9.17, 15) is 0 Å². The first-order valence-corrected chi connectivity index (χ1v) is 12.1. The van der Waals surface area contributed by atoms with Crippen LogP contribution in [0.3, 0.4) is 0 Å². The van der Waals surface area contributed by atoms with Gasteiger partial charge in [0.25, 0.3) is 6.29 Å². The maximum Gasteiger partial charge on any atom is 0.268 e. The molecule has 32 heavy (non-hydrogen) atoms. The smallest absolute Gasteiger partial charge is 0.268 e. The Morgan fingerprint density at radius 2 is 1.81 bits per heavy atom. The van der Waals surface area contributed by atoms with E-state index in [1.54, 1.807) is 12.6 Å². The van der Waals surface area contributed by atoms with Crippen LogP contribution in [0.15, 0.2) is 80.3 Å². The first-order chi connectivity index (χ1) is 15.6. The van der Waals surface area contributed by atoms with Gasteiger partial charge >= 0.3 is 0 Å². The number of thioether (sulfide) groups is 1. The van der Waals surface area contributed by atoms with Crippen LogP contribution in [-0.2, 0) is 22.4 Å². The molecule has 2 aromatic carbocycles.